The molecule has 0 fully saturated rings. The van der Waals surface area contributed by atoms with E-state index in [2.05, 4.69) is 15.6 Å². The highest BCUT2D eigenvalue weighted by Gasteiger charge is 2.33. The Morgan fingerprint density at radius 2 is 2.00 bits per heavy atom. The van der Waals surface area contributed by atoms with E-state index in [1.807, 2.05) is 6.07 Å². The van der Waals surface area contributed by atoms with Crippen molar-refractivity contribution in [3.05, 3.63) is 59.3 Å². The van der Waals surface area contributed by atoms with E-state index in [0.717, 1.165) is 17.9 Å². The van der Waals surface area contributed by atoms with Gasteiger partial charge in [-0.25, -0.2) is 4.39 Å². The first-order valence-electron chi connectivity index (χ1n) is 7.22. The van der Waals surface area contributed by atoms with Crippen molar-refractivity contribution in [1.29, 1.82) is 0 Å². The zero-order valence-corrected chi connectivity index (χ0v) is 13.0. The Bertz CT molecular complexity index is 681. The molecule has 4 nitrogen and oxygen atoms in total. The third kappa shape index (κ3) is 5.00. The Morgan fingerprint density at radius 1 is 1.21 bits per heavy atom. The molecule has 0 aliphatic heterocycles. The van der Waals surface area contributed by atoms with Gasteiger partial charge in [0.2, 0.25) is 0 Å². The number of guanidine groups is 1. The second kappa shape index (κ2) is 7.85. The fourth-order valence-electron chi connectivity index (χ4n) is 2.13. The molecule has 0 aliphatic carbocycles. The first-order valence-corrected chi connectivity index (χ1v) is 7.22. The molecule has 24 heavy (non-hydrogen) atoms. The summed E-state index contributed by atoms with van der Waals surface area (Å²) in [5.74, 6) is 0.210. The van der Waals surface area contributed by atoms with Crippen LogP contribution in [-0.2, 0) is 19.1 Å². The molecule has 0 saturated carbocycles. The van der Waals surface area contributed by atoms with Gasteiger partial charge < -0.3 is 15.1 Å². The third-order valence-electron chi connectivity index (χ3n) is 3.29. The highest BCUT2D eigenvalue weighted by atomic mass is 19.4. The van der Waals surface area contributed by atoms with Crippen LogP contribution >= 0.6 is 0 Å². The fraction of sp³-hybridized carbons (Fsp3) is 0.312. The van der Waals surface area contributed by atoms with Crippen molar-refractivity contribution < 1.29 is 22.0 Å². The molecule has 1 aromatic carbocycles. The lowest BCUT2D eigenvalue weighted by Crippen LogP contribution is -2.38. The average Bonchev–Trinajstić information content (AvgIpc) is 3.04. The Labute approximate surface area is 136 Å². The molecule has 0 spiro atoms. The van der Waals surface area contributed by atoms with Crippen LogP contribution in [-0.4, -0.2) is 19.6 Å². The standard InChI is InChI=1S/C16H17F4N3O/c1-21-15(22-7-6-13-3-2-8-24-13)23-10-11-4-5-12(17)9-14(11)16(18,19)20/h2-5,8-9H,6-7,10H2,1H3,(H2,21,22,23). The van der Waals surface area contributed by atoms with Crippen molar-refractivity contribution in [1.82, 2.24) is 10.6 Å². The van der Waals surface area contributed by atoms with Gasteiger partial charge in [-0.05, 0) is 29.8 Å². The van der Waals surface area contributed by atoms with Crippen molar-refractivity contribution in [2.45, 2.75) is 19.1 Å². The zero-order valence-electron chi connectivity index (χ0n) is 13.0. The normalized spacial score (nSPS) is 12.3. The summed E-state index contributed by atoms with van der Waals surface area (Å²) in [6.07, 6.45) is -2.44. The summed E-state index contributed by atoms with van der Waals surface area (Å²) in [5, 5.41) is 5.75. The first-order chi connectivity index (χ1) is 11.4. The van der Waals surface area contributed by atoms with Crippen LogP contribution in [0.5, 0.6) is 0 Å². The fourth-order valence-corrected chi connectivity index (χ4v) is 2.13. The quantitative estimate of drug-likeness (QED) is 0.497. The summed E-state index contributed by atoms with van der Waals surface area (Å²) in [7, 11) is 1.51. The van der Waals surface area contributed by atoms with Gasteiger partial charge in [-0.2, -0.15) is 13.2 Å². The molecule has 0 amide bonds. The number of furan rings is 1. The van der Waals surface area contributed by atoms with E-state index in [4.69, 9.17) is 4.42 Å². The molecule has 1 heterocycles. The van der Waals surface area contributed by atoms with Gasteiger partial charge in [-0.3, -0.25) is 4.99 Å². The molecule has 0 atom stereocenters. The topological polar surface area (TPSA) is 49.6 Å². The predicted octanol–water partition coefficient (Wildman–Crippen LogP) is 3.35. The maximum absolute atomic E-state index is 13.1. The largest absolute Gasteiger partial charge is 0.469 e. The van der Waals surface area contributed by atoms with Gasteiger partial charge in [0, 0.05) is 26.6 Å². The maximum Gasteiger partial charge on any atom is 0.416 e. The van der Waals surface area contributed by atoms with Crippen molar-refractivity contribution >= 4 is 5.96 Å². The van der Waals surface area contributed by atoms with E-state index in [9.17, 15) is 17.6 Å². The Balaban J connectivity index is 1.93. The molecule has 1 aromatic heterocycles. The Hall–Kier alpha value is -2.51. The molecule has 2 rings (SSSR count). The minimum atomic E-state index is -4.62. The smallest absolute Gasteiger partial charge is 0.416 e. The van der Waals surface area contributed by atoms with Gasteiger partial charge in [-0.15, -0.1) is 0 Å². The summed E-state index contributed by atoms with van der Waals surface area (Å²) in [6.45, 7) is 0.373. The number of nitrogens with zero attached hydrogens (tertiary/aromatic N) is 1. The van der Waals surface area contributed by atoms with Crippen molar-refractivity contribution in [3.63, 3.8) is 0 Å². The highest BCUT2D eigenvalue weighted by molar-refractivity contribution is 5.79. The number of benzene rings is 1. The number of aliphatic imine (C=N–C) groups is 1. The summed E-state index contributed by atoms with van der Waals surface area (Å²) >= 11 is 0. The minimum Gasteiger partial charge on any atom is -0.469 e. The van der Waals surface area contributed by atoms with Crippen LogP contribution in [0.25, 0.3) is 0 Å². The summed E-state index contributed by atoms with van der Waals surface area (Å²) < 4.78 is 57.1. The van der Waals surface area contributed by atoms with Gasteiger partial charge in [0.05, 0.1) is 11.8 Å². The van der Waals surface area contributed by atoms with Gasteiger partial charge in [-0.1, -0.05) is 6.07 Å². The molecular weight excluding hydrogens is 326 g/mol. The number of hydrogen-bond donors (Lipinski definition) is 2. The number of halogens is 4. The van der Waals surface area contributed by atoms with Crippen LogP contribution in [0.1, 0.15) is 16.9 Å². The Morgan fingerprint density at radius 3 is 2.62 bits per heavy atom. The van der Waals surface area contributed by atoms with Crippen molar-refractivity contribution in [3.8, 4) is 0 Å². The van der Waals surface area contributed by atoms with E-state index >= 15 is 0 Å². The maximum atomic E-state index is 13.1. The molecule has 2 N–H and O–H groups in total. The van der Waals surface area contributed by atoms with Crippen LogP contribution < -0.4 is 10.6 Å². The van der Waals surface area contributed by atoms with E-state index in [-0.39, 0.29) is 12.1 Å². The minimum absolute atomic E-state index is 0.0575. The van der Waals surface area contributed by atoms with Gasteiger partial charge in [0.15, 0.2) is 5.96 Å². The molecule has 130 valence electrons. The molecule has 2 aromatic rings. The van der Waals surface area contributed by atoms with Gasteiger partial charge in [0.1, 0.15) is 11.6 Å². The average molecular weight is 343 g/mol. The molecule has 0 aliphatic rings. The predicted molar refractivity (Wildman–Crippen MR) is 82.0 cm³/mol. The monoisotopic (exact) mass is 343 g/mol. The molecule has 0 saturated heterocycles. The van der Waals surface area contributed by atoms with E-state index in [0.29, 0.717) is 25.0 Å². The summed E-state index contributed by atoms with van der Waals surface area (Å²) in [6, 6.07) is 6.20. The van der Waals surface area contributed by atoms with E-state index < -0.39 is 17.6 Å². The lowest BCUT2D eigenvalue weighted by atomic mass is 10.1. The molecule has 8 heteroatoms. The molecule has 0 unspecified atom stereocenters. The molecule has 0 bridgehead atoms. The van der Waals surface area contributed by atoms with Crippen LogP contribution in [0.3, 0.4) is 0 Å². The van der Waals surface area contributed by atoms with Gasteiger partial charge in [0.25, 0.3) is 0 Å². The second-order valence-electron chi connectivity index (χ2n) is 4.98. The number of alkyl halides is 3. The van der Waals surface area contributed by atoms with Crippen molar-refractivity contribution in [2.75, 3.05) is 13.6 Å². The zero-order chi connectivity index (χ0) is 17.6. The Kier molecular flexibility index (Phi) is 5.83. The van der Waals surface area contributed by atoms with E-state index in [1.54, 1.807) is 12.3 Å². The second-order valence-corrected chi connectivity index (χ2v) is 4.98. The number of rotatable bonds is 5. The van der Waals surface area contributed by atoms with E-state index in [1.165, 1.54) is 7.05 Å². The third-order valence-corrected chi connectivity index (χ3v) is 3.29. The van der Waals surface area contributed by atoms with Crippen LogP contribution in [0.15, 0.2) is 46.0 Å². The first kappa shape index (κ1) is 17.8. The van der Waals surface area contributed by atoms with Crippen LogP contribution in [0.4, 0.5) is 17.6 Å². The highest BCUT2D eigenvalue weighted by Crippen LogP contribution is 2.32. The molecule has 0 radical (unpaired) electrons. The molecular formula is C16H17F4N3O. The van der Waals surface area contributed by atoms with Gasteiger partial charge >= 0.3 is 6.18 Å². The lowest BCUT2D eigenvalue weighted by molar-refractivity contribution is -0.138. The summed E-state index contributed by atoms with van der Waals surface area (Å²) in [5.41, 5.74) is -1.06. The van der Waals surface area contributed by atoms with Crippen LogP contribution in [0.2, 0.25) is 0 Å². The summed E-state index contributed by atoms with van der Waals surface area (Å²) in [4.78, 5) is 3.94. The number of nitrogens with one attached hydrogen (secondary N) is 2. The van der Waals surface area contributed by atoms with Crippen LogP contribution in [0, 0.1) is 5.82 Å². The number of hydrogen-bond acceptors (Lipinski definition) is 2. The lowest BCUT2D eigenvalue weighted by Gasteiger charge is -2.15. The SMILES string of the molecule is CN=C(NCCc1ccco1)NCc1ccc(F)cc1C(F)(F)F. The van der Waals surface area contributed by atoms with Crippen molar-refractivity contribution in [2.24, 2.45) is 4.99 Å².